The summed E-state index contributed by atoms with van der Waals surface area (Å²) in [6, 6.07) is 0. The fraction of sp³-hybridized carbons (Fsp3) is 1.00. The first-order chi connectivity index (χ1) is 6.24. The van der Waals surface area contributed by atoms with Gasteiger partial charge in [-0.25, -0.2) is 0 Å². The van der Waals surface area contributed by atoms with Gasteiger partial charge >= 0.3 is 8.03 Å². The molecule has 0 amide bonds. The van der Waals surface area contributed by atoms with Crippen LogP contribution in [0.4, 0.5) is 0 Å². The smallest absolute Gasteiger partial charge is 0.350 e. The lowest BCUT2D eigenvalue weighted by molar-refractivity contribution is -0.151. The average molecular weight is 209 g/mol. The summed E-state index contributed by atoms with van der Waals surface area (Å²) < 4.78 is 26.4. The van der Waals surface area contributed by atoms with Crippen LogP contribution in [0, 0.1) is 0 Å². The molecule has 13 heavy (non-hydrogen) atoms. The molecule has 1 atom stereocenters. The SMILES string of the molecule is CCOC(CO[P+](=O)CC)OCC. The van der Waals surface area contributed by atoms with Gasteiger partial charge in [-0.15, -0.1) is 4.52 Å². The summed E-state index contributed by atoms with van der Waals surface area (Å²) in [5.74, 6) is 0. The minimum atomic E-state index is -1.54. The van der Waals surface area contributed by atoms with Gasteiger partial charge in [-0.3, -0.25) is 0 Å². The topological polar surface area (TPSA) is 44.8 Å². The molecule has 0 saturated heterocycles. The first-order valence-corrected chi connectivity index (χ1v) is 5.91. The molecule has 5 heteroatoms. The van der Waals surface area contributed by atoms with E-state index >= 15 is 0 Å². The maximum atomic E-state index is 10.9. The Balaban J connectivity index is 3.61. The van der Waals surface area contributed by atoms with Crippen molar-refractivity contribution in [2.75, 3.05) is 26.0 Å². The van der Waals surface area contributed by atoms with E-state index in [2.05, 4.69) is 0 Å². The van der Waals surface area contributed by atoms with Crippen molar-refractivity contribution in [1.29, 1.82) is 0 Å². The molecular weight excluding hydrogens is 191 g/mol. The minimum Gasteiger partial charge on any atom is -0.350 e. The zero-order valence-corrected chi connectivity index (χ0v) is 9.38. The molecule has 0 saturated carbocycles. The van der Waals surface area contributed by atoms with E-state index in [1.54, 1.807) is 0 Å². The van der Waals surface area contributed by atoms with Crippen LogP contribution in [-0.4, -0.2) is 32.3 Å². The molecule has 0 bridgehead atoms. The van der Waals surface area contributed by atoms with Gasteiger partial charge in [-0.05, 0) is 25.3 Å². The summed E-state index contributed by atoms with van der Waals surface area (Å²) in [5, 5.41) is 0. The Morgan fingerprint density at radius 3 is 2.08 bits per heavy atom. The highest BCUT2D eigenvalue weighted by molar-refractivity contribution is 7.39. The normalized spacial score (nSPS) is 12.2. The Kier molecular flexibility index (Phi) is 8.56. The van der Waals surface area contributed by atoms with E-state index in [0.717, 1.165) is 0 Å². The lowest BCUT2D eigenvalue weighted by Gasteiger charge is -2.13. The van der Waals surface area contributed by atoms with Gasteiger partial charge in [-0.1, -0.05) is 0 Å². The molecule has 0 spiro atoms. The van der Waals surface area contributed by atoms with Crippen molar-refractivity contribution in [2.45, 2.75) is 27.1 Å². The standard InChI is InChI=1S/C8H18O4P/c1-4-10-8(11-5-2)7-12-13(9)6-3/h8H,4-7H2,1-3H3/q+1. The Hall–Kier alpha value is -0.0200. The third-order valence-corrected chi connectivity index (χ3v) is 2.27. The predicted octanol–water partition coefficient (Wildman–Crippen LogP) is 2.16. The predicted molar refractivity (Wildman–Crippen MR) is 51.1 cm³/mol. The number of rotatable bonds is 8. The van der Waals surface area contributed by atoms with Gasteiger partial charge in [0.15, 0.2) is 19.1 Å². The second-order valence-electron chi connectivity index (χ2n) is 2.28. The van der Waals surface area contributed by atoms with Crippen molar-refractivity contribution in [1.82, 2.24) is 0 Å². The summed E-state index contributed by atoms with van der Waals surface area (Å²) in [6.07, 6.45) is 0.140. The highest BCUT2D eigenvalue weighted by Crippen LogP contribution is 2.21. The third-order valence-electron chi connectivity index (χ3n) is 1.32. The average Bonchev–Trinajstić information content (AvgIpc) is 2.14. The molecule has 1 unspecified atom stereocenters. The van der Waals surface area contributed by atoms with E-state index in [1.807, 2.05) is 20.8 Å². The third kappa shape index (κ3) is 7.08. The maximum absolute atomic E-state index is 10.9. The molecule has 0 aliphatic rings. The lowest BCUT2D eigenvalue weighted by Crippen LogP contribution is -2.22. The Labute approximate surface area is 80.4 Å². The molecular formula is C8H18O4P+. The highest BCUT2D eigenvalue weighted by atomic mass is 31.1. The molecule has 0 aromatic rings. The maximum Gasteiger partial charge on any atom is 0.507 e. The van der Waals surface area contributed by atoms with E-state index in [9.17, 15) is 4.57 Å². The first kappa shape index (κ1) is 13.0. The van der Waals surface area contributed by atoms with Crippen molar-refractivity contribution >= 4 is 8.03 Å². The fourth-order valence-corrected chi connectivity index (χ4v) is 1.22. The monoisotopic (exact) mass is 209 g/mol. The molecule has 4 nitrogen and oxygen atoms in total. The van der Waals surface area contributed by atoms with Gasteiger partial charge in [0.2, 0.25) is 0 Å². The quantitative estimate of drug-likeness (QED) is 0.454. The van der Waals surface area contributed by atoms with E-state index in [-0.39, 0.29) is 12.9 Å². The van der Waals surface area contributed by atoms with Gasteiger partial charge in [0, 0.05) is 13.2 Å². The molecule has 0 rings (SSSR count). The van der Waals surface area contributed by atoms with E-state index < -0.39 is 8.03 Å². The van der Waals surface area contributed by atoms with Gasteiger partial charge < -0.3 is 9.47 Å². The number of hydrogen-bond acceptors (Lipinski definition) is 4. The molecule has 0 heterocycles. The second-order valence-corrected chi connectivity index (χ2v) is 3.84. The lowest BCUT2D eigenvalue weighted by atomic mass is 10.6. The molecule has 78 valence electrons. The molecule has 0 fully saturated rings. The molecule has 0 aromatic carbocycles. The number of hydrogen-bond donors (Lipinski definition) is 0. The summed E-state index contributed by atoms with van der Waals surface area (Å²) in [6.45, 7) is 6.95. The number of ether oxygens (including phenoxy) is 2. The Morgan fingerprint density at radius 2 is 1.69 bits per heavy atom. The summed E-state index contributed by atoms with van der Waals surface area (Å²) in [5.41, 5.74) is 0. The Bertz CT molecular complexity index is 134. The van der Waals surface area contributed by atoms with Crippen molar-refractivity contribution < 1.29 is 18.6 Å². The first-order valence-electron chi connectivity index (χ1n) is 4.55. The van der Waals surface area contributed by atoms with E-state index in [0.29, 0.717) is 19.4 Å². The van der Waals surface area contributed by atoms with Crippen LogP contribution in [0.3, 0.4) is 0 Å². The van der Waals surface area contributed by atoms with Crippen molar-refractivity contribution in [3.8, 4) is 0 Å². The van der Waals surface area contributed by atoms with Crippen molar-refractivity contribution in [3.05, 3.63) is 0 Å². The van der Waals surface area contributed by atoms with Crippen LogP contribution in [0.25, 0.3) is 0 Å². The van der Waals surface area contributed by atoms with Crippen molar-refractivity contribution in [2.24, 2.45) is 0 Å². The molecule has 0 radical (unpaired) electrons. The molecule has 0 aliphatic carbocycles. The van der Waals surface area contributed by atoms with Crippen LogP contribution in [0.2, 0.25) is 0 Å². The summed E-state index contributed by atoms with van der Waals surface area (Å²) >= 11 is 0. The van der Waals surface area contributed by atoms with Gasteiger partial charge in [0.05, 0.1) is 0 Å². The van der Waals surface area contributed by atoms with Crippen LogP contribution < -0.4 is 0 Å². The highest BCUT2D eigenvalue weighted by Gasteiger charge is 2.18. The minimum absolute atomic E-state index is 0.241. The summed E-state index contributed by atoms with van der Waals surface area (Å²) in [4.78, 5) is 0. The largest absolute Gasteiger partial charge is 0.507 e. The van der Waals surface area contributed by atoms with Crippen LogP contribution in [0.15, 0.2) is 0 Å². The zero-order valence-electron chi connectivity index (χ0n) is 8.49. The zero-order chi connectivity index (χ0) is 10.1. The van der Waals surface area contributed by atoms with Gasteiger partial charge in [0.1, 0.15) is 0 Å². The van der Waals surface area contributed by atoms with E-state index in [1.165, 1.54) is 0 Å². The molecule has 0 N–H and O–H groups in total. The van der Waals surface area contributed by atoms with Crippen LogP contribution in [0.1, 0.15) is 20.8 Å². The van der Waals surface area contributed by atoms with E-state index in [4.69, 9.17) is 14.0 Å². The van der Waals surface area contributed by atoms with Crippen LogP contribution >= 0.6 is 8.03 Å². The van der Waals surface area contributed by atoms with Gasteiger partial charge in [0.25, 0.3) is 0 Å². The van der Waals surface area contributed by atoms with Crippen LogP contribution in [0.5, 0.6) is 0 Å². The fourth-order valence-electron chi connectivity index (χ4n) is 0.751. The Morgan fingerprint density at radius 1 is 1.15 bits per heavy atom. The summed E-state index contributed by atoms with van der Waals surface area (Å²) in [7, 11) is -1.54. The second kappa shape index (κ2) is 8.57. The van der Waals surface area contributed by atoms with Gasteiger partial charge in [-0.2, -0.15) is 0 Å². The van der Waals surface area contributed by atoms with Crippen molar-refractivity contribution in [3.63, 3.8) is 0 Å². The van der Waals surface area contributed by atoms with Crippen LogP contribution in [-0.2, 0) is 18.6 Å². The molecule has 0 aromatic heterocycles. The molecule has 0 aliphatic heterocycles.